The van der Waals surface area contributed by atoms with Crippen molar-refractivity contribution in [2.24, 2.45) is 0 Å². The predicted octanol–water partition coefficient (Wildman–Crippen LogP) is 5.63. The average molecular weight is 321 g/mol. The molecule has 3 aromatic rings. The van der Waals surface area contributed by atoms with Gasteiger partial charge in [-0.1, -0.05) is 66.7 Å². The molecule has 0 spiro atoms. The van der Waals surface area contributed by atoms with E-state index in [9.17, 15) is 4.79 Å². The number of ketones is 1. The summed E-state index contributed by atoms with van der Waals surface area (Å²) < 4.78 is 0. The van der Waals surface area contributed by atoms with E-state index < -0.39 is 0 Å². The Morgan fingerprint density at radius 2 is 1.65 bits per heavy atom. The first-order chi connectivity index (χ1) is 11.2. The maximum Gasteiger partial charge on any atom is 0.193 e. The number of alkyl halides is 1. The minimum Gasteiger partial charge on any atom is -0.289 e. The molecule has 114 valence electrons. The maximum absolute atomic E-state index is 12.9. The van der Waals surface area contributed by atoms with E-state index in [4.69, 9.17) is 11.6 Å². The van der Waals surface area contributed by atoms with Crippen molar-refractivity contribution >= 4 is 17.4 Å². The molecule has 0 aromatic heterocycles. The standard InChI is InChI=1S/C21H17ClO/c1-15-19(17-8-3-2-4-9-17)11-6-12-20(15)21(23)18-10-5-7-16(13-18)14-22/h2-13H,14H2,1H3. The topological polar surface area (TPSA) is 17.1 Å². The Hall–Kier alpha value is -2.38. The second kappa shape index (κ2) is 6.80. The molecule has 0 fully saturated rings. The number of carbonyl (C=O) groups excluding carboxylic acids is 1. The normalized spacial score (nSPS) is 10.5. The highest BCUT2D eigenvalue weighted by molar-refractivity contribution is 6.17. The van der Waals surface area contributed by atoms with Crippen LogP contribution in [0.1, 0.15) is 27.0 Å². The van der Waals surface area contributed by atoms with Gasteiger partial charge in [-0.15, -0.1) is 11.6 Å². The molecule has 0 aliphatic rings. The van der Waals surface area contributed by atoms with Crippen molar-refractivity contribution in [2.75, 3.05) is 0 Å². The lowest BCUT2D eigenvalue weighted by Gasteiger charge is -2.11. The fourth-order valence-electron chi connectivity index (χ4n) is 2.76. The van der Waals surface area contributed by atoms with E-state index in [1.165, 1.54) is 0 Å². The summed E-state index contributed by atoms with van der Waals surface area (Å²) in [6, 6.07) is 23.5. The lowest BCUT2D eigenvalue weighted by molar-refractivity contribution is 0.103. The summed E-state index contributed by atoms with van der Waals surface area (Å²) >= 11 is 5.87. The van der Waals surface area contributed by atoms with Gasteiger partial charge in [-0.2, -0.15) is 0 Å². The minimum absolute atomic E-state index is 0.0345. The summed E-state index contributed by atoms with van der Waals surface area (Å²) in [6.45, 7) is 2.00. The molecule has 2 heteroatoms. The van der Waals surface area contributed by atoms with Gasteiger partial charge in [0.1, 0.15) is 0 Å². The first-order valence-electron chi connectivity index (χ1n) is 7.55. The molecule has 0 saturated carbocycles. The Morgan fingerprint density at radius 3 is 2.39 bits per heavy atom. The van der Waals surface area contributed by atoms with E-state index in [2.05, 4.69) is 18.2 Å². The molecule has 0 radical (unpaired) electrons. The van der Waals surface area contributed by atoms with Gasteiger partial charge in [0.2, 0.25) is 0 Å². The summed E-state index contributed by atoms with van der Waals surface area (Å²) in [5, 5.41) is 0. The number of carbonyl (C=O) groups is 1. The van der Waals surface area contributed by atoms with Crippen LogP contribution in [0, 0.1) is 6.92 Å². The number of hydrogen-bond acceptors (Lipinski definition) is 1. The van der Waals surface area contributed by atoms with Crippen LogP contribution in [-0.4, -0.2) is 5.78 Å². The Balaban J connectivity index is 2.05. The van der Waals surface area contributed by atoms with Crippen LogP contribution in [0.15, 0.2) is 72.8 Å². The molecule has 0 atom stereocenters. The second-order valence-electron chi connectivity index (χ2n) is 5.51. The third kappa shape index (κ3) is 3.20. The summed E-state index contributed by atoms with van der Waals surface area (Å²) in [5.74, 6) is 0.441. The second-order valence-corrected chi connectivity index (χ2v) is 5.77. The van der Waals surface area contributed by atoms with Crippen LogP contribution < -0.4 is 0 Å². The third-order valence-corrected chi connectivity index (χ3v) is 4.32. The summed E-state index contributed by atoms with van der Waals surface area (Å²) in [5.41, 5.74) is 5.57. The molecule has 23 heavy (non-hydrogen) atoms. The van der Waals surface area contributed by atoms with E-state index in [0.29, 0.717) is 11.4 Å². The lowest BCUT2D eigenvalue weighted by atomic mass is 9.92. The highest BCUT2D eigenvalue weighted by atomic mass is 35.5. The molecule has 0 heterocycles. The van der Waals surface area contributed by atoms with Crippen LogP contribution in [0.4, 0.5) is 0 Å². The van der Waals surface area contributed by atoms with Crippen LogP contribution in [0.5, 0.6) is 0 Å². The molecular weight excluding hydrogens is 304 g/mol. The first-order valence-corrected chi connectivity index (χ1v) is 8.09. The zero-order valence-electron chi connectivity index (χ0n) is 12.9. The molecule has 3 rings (SSSR count). The Kier molecular flexibility index (Phi) is 4.59. The molecule has 3 aromatic carbocycles. The average Bonchev–Trinajstić information content (AvgIpc) is 2.62. The van der Waals surface area contributed by atoms with Crippen LogP contribution in [0.3, 0.4) is 0 Å². The Labute approximate surface area is 141 Å². The van der Waals surface area contributed by atoms with Crippen molar-refractivity contribution in [1.82, 2.24) is 0 Å². The van der Waals surface area contributed by atoms with Crippen molar-refractivity contribution in [1.29, 1.82) is 0 Å². The van der Waals surface area contributed by atoms with Gasteiger partial charge in [0.05, 0.1) is 0 Å². The smallest absolute Gasteiger partial charge is 0.193 e. The maximum atomic E-state index is 12.9. The van der Waals surface area contributed by atoms with E-state index in [-0.39, 0.29) is 5.78 Å². The minimum atomic E-state index is 0.0345. The zero-order chi connectivity index (χ0) is 16.2. The molecule has 0 aliphatic carbocycles. The molecule has 0 aliphatic heterocycles. The van der Waals surface area contributed by atoms with Gasteiger partial charge in [0.25, 0.3) is 0 Å². The first kappa shape index (κ1) is 15.5. The molecule has 0 saturated heterocycles. The Morgan fingerprint density at radius 1 is 0.913 bits per heavy atom. The fraction of sp³-hybridized carbons (Fsp3) is 0.0952. The highest BCUT2D eigenvalue weighted by Crippen LogP contribution is 2.27. The van der Waals surface area contributed by atoms with Gasteiger partial charge in [0.15, 0.2) is 5.78 Å². The van der Waals surface area contributed by atoms with Crippen LogP contribution in [0.2, 0.25) is 0 Å². The predicted molar refractivity (Wildman–Crippen MR) is 96.0 cm³/mol. The van der Waals surface area contributed by atoms with Gasteiger partial charge in [-0.3, -0.25) is 4.79 Å². The number of benzene rings is 3. The molecule has 0 N–H and O–H groups in total. The van der Waals surface area contributed by atoms with Gasteiger partial charge in [0, 0.05) is 17.0 Å². The van der Waals surface area contributed by atoms with Gasteiger partial charge >= 0.3 is 0 Å². The van der Waals surface area contributed by atoms with Gasteiger partial charge in [-0.05, 0) is 35.2 Å². The number of rotatable bonds is 4. The van der Waals surface area contributed by atoms with Crippen LogP contribution in [-0.2, 0) is 5.88 Å². The van der Waals surface area contributed by atoms with Crippen molar-refractivity contribution in [3.05, 3.63) is 95.1 Å². The summed E-state index contributed by atoms with van der Waals surface area (Å²) in [7, 11) is 0. The van der Waals surface area contributed by atoms with Crippen molar-refractivity contribution in [2.45, 2.75) is 12.8 Å². The molecule has 0 amide bonds. The SMILES string of the molecule is Cc1c(C(=O)c2cccc(CCl)c2)cccc1-c1ccccc1. The van der Waals surface area contributed by atoms with Gasteiger partial charge < -0.3 is 0 Å². The number of hydrogen-bond donors (Lipinski definition) is 0. The number of halogens is 1. The third-order valence-electron chi connectivity index (χ3n) is 4.01. The zero-order valence-corrected chi connectivity index (χ0v) is 13.7. The molecular formula is C21H17ClO. The fourth-order valence-corrected chi connectivity index (χ4v) is 2.93. The summed E-state index contributed by atoms with van der Waals surface area (Å²) in [4.78, 5) is 12.9. The quantitative estimate of drug-likeness (QED) is 0.449. The monoisotopic (exact) mass is 320 g/mol. The van der Waals surface area contributed by atoms with Crippen molar-refractivity contribution < 1.29 is 4.79 Å². The van der Waals surface area contributed by atoms with E-state index in [0.717, 1.165) is 27.8 Å². The molecule has 0 bridgehead atoms. The van der Waals surface area contributed by atoms with Crippen LogP contribution >= 0.6 is 11.6 Å². The van der Waals surface area contributed by atoms with Crippen molar-refractivity contribution in [3.8, 4) is 11.1 Å². The lowest BCUT2D eigenvalue weighted by Crippen LogP contribution is -2.05. The van der Waals surface area contributed by atoms with Crippen molar-refractivity contribution in [3.63, 3.8) is 0 Å². The highest BCUT2D eigenvalue weighted by Gasteiger charge is 2.14. The molecule has 0 unspecified atom stereocenters. The molecule has 1 nitrogen and oxygen atoms in total. The Bertz CT molecular complexity index is 837. The van der Waals surface area contributed by atoms with Crippen LogP contribution in [0.25, 0.3) is 11.1 Å². The van der Waals surface area contributed by atoms with Gasteiger partial charge in [-0.25, -0.2) is 0 Å². The van der Waals surface area contributed by atoms with E-state index in [1.54, 1.807) is 0 Å². The van der Waals surface area contributed by atoms with E-state index >= 15 is 0 Å². The van der Waals surface area contributed by atoms with E-state index in [1.807, 2.05) is 61.5 Å². The summed E-state index contributed by atoms with van der Waals surface area (Å²) in [6.07, 6.45) is 0. The largest absolute Gasteiger partial charge is 0.289 e.